The molecule has 0 aliphatic heterocycles. The summed E-state index contributed by atoms with van der Waals surface area (Å²) in [5.41, 5.74) is -0.00209. The van der Waals surface area contributed by atoms with Crippen molar-refractivity contribution in [3.8, 4) is 11.8 Å². The van der Waals surface area contributed by atoms with Gasteiger partial charge < -0.3 is 20.3 Å². The molecule has 1 amide bonds. The van der Waals surface area contributed by atoms with E-state index in [9.17, 15) is 19.5 Å². The lowest BCUT2D eigenvalue weighted by Gasteiger charge is -2.32. The first-order valence-electron chi connectivity index (χ1n) is 7.81. The smallest absolute Gasteiger partial charge is 0.322 e. The standard InChI is InChI=1S/C19H19NO6/c1-19(2)13-9-11(5-4-8-26-3)6-7-12(13)16(23)15(17(19)24)18(25)20-10-14(21)22/h6-7,9,23H,8,10H2,1-3H3,(H,20,25)(H,21,22). The highest BCUT2D eigenvalue weighted by atomic mass is 16.5. The first-order chi connectivity index (χ1) is 12.2. The Morgan fingerprint density at radius 1 is 1.31 bits per heavy atom. The number of amides is 1. The molecule has 0 saturated heterocycles. The molecule has 0 bridgehead atoms. The lowest BCUT2D eigenvalue weighted by atomic mass is 9.70. The Bertz CT molecular complexity index is 870. The van der Waals surface area contributed by atoms with E-state index >= 15 is 0 Å². The Kier molecular flexibility index (Phi) is 5.48. The molecule has 0 unspecified atom stereocenters. The second kappa shape index (κ2) is 7.42. The number of ketones is 1. The Hall–Kier alpha value is -3.11. The predicted octanol–water partition coefficient (Wildman–Crippen LogP) is 1.01. The van der Waals surface area contributed by atoms with Crippen LogP contribution in [0.1, 0.15) is 30.5 Å². The number of fused-ring (bicyclic) bond motifs is 1. The number of carboxylic acids is 1. The van der Waals surface area contributed by atoms with Crippen molar-refractivity contribution in [1.82, 2.24) is 5.32 Å². The first-order valence-corrected chi connectivity index (χ1v) is 7.81. The number of carboxylic acid groups (broad SMARTS) is 1. The summed E-state index contributed by atoms with van der Waals surface area (Å²) < 4.78 is 4.87. The van der Waals surface area contributed by atoms with Gasteiger partial charge in [-0.1, -0.05) is 11.8 Å². The summed E-state index contributed by atoms with van der Waals surface area (Å²) in [4.78, 5) is 35.6. The summed E-state index contributed by atoms with van der Waals surface area (Å²) in [6, 6.07) is 4.94. The number of aliphatic hydroxyl groups excluding tert-OH is 1. The number of aliphatic carboxylic acids is 1. The monoisotopic (exact) mass is 357 g/mol. The van der Waals surface area contributed by atoms with Crippen LogP contribution < -0.4 is 5.32 Å². The van der Waals surface area contributed by atoms with E-state index in [1.165, 1.54) is 7.11 Å². The summed E-state index contributed by atoms with van der Waals surface area (Å²) in [6.45, 7) is 2.89. The molecule has 1 aliphatic rings. The number of carbonyl (C=O) groups excluding carboxylic acids is 2. The molecule has 7 nitrogen and oxygen atoms in total. The molecule has 0 fully saturated rings. The number of hydrogen-bond donors (Lipinski definition) is 3. The largest absolute Gasteiger partial charge is 0.506 e. The molecule has 3 N–H and O–H groups in total. The molecule has 0 radical (unpaired) electrons. The summed E-state index contributed by atoms with van der Waals surface area (Å²) in [6.07, 6.45) is 0. The third kappa shape index (κ3) is 3.60. The van der Waals surface area contributed by atoms with Crippen molar-refractivity contribution in [1.29, 1.82) is 0 Å². The quantitative estimate of drug-likeness (QED) is 0.548. The van der Waals surface area contributed by atoms with Crippen molar-refractivity contribution in [3.63, 3.8) is 0 Å². The molecule has 1 aromatic carbocycles. The highest BCUT2D eigenvalue weighted by Crippen LogP contribution is 2.39. The van der Waals surface area contributed by atoms with Gasteiger partial charge in [0.15, 0.2) is 5.78 Å². The van der Waals surface area contributed by atoms with Gasteiger partial charge in [-0.3, -0.25) is 14.4 Å². The molecular formula is C19H19NO6. The first kappa shape index (κ1) is 19.2. The van der Waals surface area contributed by atoms with E-state index in [1.807, 2.05) is 0 Å². The zero-order valence-corrected chi connectivity index (χ0v) is 14.7. The molecule has 0 heterocycles. The van der Waals surface area contributed by atoms with Crippen molar-refractivity contribution in [2.24, 2.45) is 0 Å². The van der Waals surface area contributed by atoms with Gasteiger partial charge in [0.1, 0.15) is 24.5 Å². The van der Waals surface area contributed by atoms with E-state index in [-0.39, 0.29) is 6.61 Å². The number of rotatable bonds is 4. The minimum atomic E-state index is -1.25. The number of hydrogen-bond acceptors (Lipinski definition) is 5. The van der Waals surface area contributed by atoms with Crippen molar-refractivity contribution in [2.45, 2.75) is 19.3 Å². The van der Waals surface area contributed by atoms with Crippen molar-refractivity contribution in [2.75, 3.05) is 20.3 Å². The SMILES string of the molecule is COCC#Cc1ccc2c(c1)C(C)(C)C(=O)C(C(=O)NCC(=O)O)=C2O. The van der Waals surface area contributed by atoms with E-state index < -0.39 is 41.0 Å². The maximum atomic E-state index is 12.8. The molecule has 1 aliphatic carbocycles. The molecule has 0 saturated carbocycles. The van der Waals surface area contributed by atoms with Crippen LogP contribution in [0.2, 0.25) is 0 Å². The van der Waals surface area contributed by atoms with E-state index in [1.54, 1.807) is 32.0 Å². The number of ether oxygens (including phenoxy) is 1. The molecule has 2 rings (SSSR count). The molecule has 0 spiro atoms. The summed E-state index contributed by atoms with van der Waals surface area (Å²) in [5.74, 6) is 2.48. The average molecular weight is 357 g/mol. The highest BCUT2D eigenvalue weighted by Gasteiger charge is 2.43. The fraction of sp³-hybridized carbons (Fsp3) is 0.316. The zero-order valence-electron chi connectivity index (χ0n) is 14.7. The maximum absolute atomic E-state index is 12.8. The van der Waals surface area contributed by atoms with Gasteiger partial charge in [0.05, 0.1) is 5.41 Å². The van der Waals surface area contributed by atoms with Crippen molar-refractivity contribution >= 4 is 23.4 Å². The number of nitrogens with one attached hydrogen (secondary N) is 1. The van der Waals surface area contributed by atoms with Gasteiger partial charge in [0.2, 0.25) is 0 Å². The Morgan fingerprint density at radius 2 is 2.00 bits per heavy atom. The van der Waals surface area contributed by atoms with E-state index in [0.717, 1.165) is 0 Å². The number of aliphatic hydroxyl groups is 1. The lowest BCUT2D eigenvalue weighted by molar-refractivity contribution is -0.138. The fourth-order valence-corrected chi connectivity index (χ4v) is 2.69. The second-order valence-corrected chi connectivity index (χ2v) is 6.25. The van der Waals surface area contributed by atoms with Crippen LogP contribution in [0.15, 0.2) is 23.8 Å². The van der Waals surface area contributed by atoms with Crippen LogP contribution in [0.3, 0.4) is 0 Å². The Labute approximate surface area is 150 Å². The maximum Gasteiger partial charge on any atom is 0.322 e. The fourth-order valence-electron chi connectivity index (χ4n) is 2.69. The molecule has 0 atom stereocenters. The summed E-state index contributed by atoms with van der Waals surface area (Å²) in [5, 5.41) is 21.2. The van der Waals surface area contributed by atoms with Gasteiger partial charge in [-0.05, 0) is 37.6 Å². The van der Waals surface area contributed by atoms with Crippen molar-refractivity contribution < 1.29 is 29.3 Å². The molecule has 26 heavy (non-hydrogen) atoms. The normalized spacial score (nSPS) is 15.0. The summed E-state index contributed by atoms with van der Waals surface area (Å²) >= 11 is 0. The van der Waals surface area contributed by atoms with Crippen LogP contribution in [0.5, 0.6) is 0 Å². The van der Waals surface area contributed by atoms with Gasteiger partial charge in [-0.2, -0.15) is 0 Å². The van der Waals surface area contributed by atoms with Gasteiger partial charge in [0.25, 0.3) is 5.91 Å². The van der Waals surface area contributed by atoms with Gasteiger partial charge in [-0.25, -0.2) is 0 Å². The molecule has 7 heteroatoms. The molecular weight excluding hydrogens is 338 g/mol. The lowest BCUT2D eigenvalue weighted by Crippen LogP contribution is -2.42. The van der Waals surface area contributed by atoms with E-state index in [2.05, 4.69) is 17.2 Å². The van der Waals surface area contributed by atoms with Crippen LogP contribution in [0.4, 0.5) is 0 Å². The predicted molar refractivity (Wildman–Crippen MR) is 93.4 cm³/mol. The molecule has 0 aromatic heterocycles. The number of carbonyl (C=O) groups is 3. The number of benzene rings is 1. The van der Waals surface area contributed by atoms with E-state index in [4.69, 9.17) is 9.84 Å². The van der Waals surface area contributed by atoms with Crippen molar-refractivity contribution in [3.05, 3.63) is 40.5 Å². The van der Waals surface area contributed by atoms with Crippen LogP contribution in [-0.2, 0) is 24.5 Å². The zero-order chi connectivity index (χ0) is 19.5. The van der Waals surface area contributed by atoms with Gasteiger partial charge in [-0.15, -0.1) is 0 Å². The van der Waals surface area contributed by atoms with E-state index in [0.29, 0.717) is 16.7 Å². The molecule has 136 valence electrons. The Morgan fingerprint density at radius 3 is 2.62 bits per heavy atom. The molecule has 1 aromatic rings. The second-order valence-electron chi connectivity index (χ2n) is 6.25. The van der Waals surface area contributed by atoms with Crippen LogP contribution in [0, 0.1) is 11.8 Å². The van der Waals surface area contributed by atoms with Gasteiger partial charge in [0, 0.05) is 18.2 Å². The third-order valence-electron chi connectivity index (χ3n) is 4.06. The topological polar surface area (TPSA) is 113 Å². The number of methoxy groups -OCH3 is 1. The van der Waals surface area contributed by atoms with Gasteiger partial charge >= 0.3 is 5.97 Å². The highest BCUT2D eigenvalue weighted by molar-refractivity contribution is 6.28. The number of Topliss-reactive ketones (excluding diaryl/α,β-unsaturated/α-hetero) is 1. The third-order valence-corrected chi connectivity index (χ3v) is 4.06. The van der Waals surface area contributed by atoms with Crippen LogP contribution >= 0.6 is 0 Å². The van der Waals surface area contributed by atoms with Crippen LogP contribution in [0.25, 0.3) is 5.76 Å². The van der Waals surface area contributed by atoms with Crippen LogP contribution in [-0.4, -0.2) is 48.1 Å². The minimum Gasteiger partial charge on any atom is -0.506 e. The average Bonchev–Trinajstić information content (AvgIpc) is 2.59. The summed E-state index contributed by atoms with van der Waals surface area (Å²) in [7, 11) is 1.53. The Balaban J connectivity index is 2.52. The minimum absolute atomic E-state index is 0.262.